The van der Waals surface area contributed by atoms with Crippen molar-refractivity contribution in [3.63, 3.8) is 0 Å². The van der Waals surface area contributed by atoms with Gasteiger partial charge in [0.25, 0.3) is 0 Å². The summed E-state index contributed by atoms with van der Waals surface area (Å²) >= 11 is 0. The van der Waals surface area contributed by atoms with Crippen molar-refractivity contribution in [2.45, 2.75) is 52.2 Å². The normalized spacial score (nSPS) is 12.9. The molecule has 0 unspecified atom stereocenters. The molecule has 0 bridgehead atoms. The van der Waals surface area contributed by atoms with Crippen molar-refractivity contribution < 1.29 is 14.3 Å². The number of nitrogens with zero attached hydrogens (tertiary/aromatic N) is 2. The molecule has 0 aliphatic rings. The molecule has 0 saturated carbocycles. The van der Waals surface area contributed by atoms with E-state index >= 15 is 0 Å². The molecule has 1 N–H and O–H groups in total. The van der Waals surface area contributed by atoms with Crippen LogP contribution in [0, 0.1) is 0 Å². The summed E-state index contributed by atoms with van der Waals surface area (Å²) in [6, 6.07) is 7.58. The number of hydrogen-bond acceptors (Lipinski definition) is 4. The number of aryl methyl sites for hydroxylation is 1. The number of amides is 1. The maximum Gasteiger partial charge on any atom is 0.306 e. The van der Waals surface area contributed by atoms with E-state index in [0.717, 1.165) is 16.9 Å². The Morgan fingerprint density at radius 2 is 1.92 bits per heavy atom. The van der Waals surface area contributed by atoms with E-state index in [1.807, 2.05) is 42.8 Å². The smallest absolute Gasteiger partial charge is 0.306 e. The first-order valence-electron chi connectivity index (χ1n) is 8.10. The largest absolute Gasteiger partial charge is 0.460 e. The van der Waals surface area contributed by atoms with Crippen LogP contribution in [0.3, 0.4) is 0 Å². The summed E-state index contributed by atoms with van der Waals surface area (Å²) in [5, 5.41) is 2.89. The zero-order valence-electron chi connectivity index (χ0n) is 14.9. The molecule has 6 nitrogen and oxygen atoms in total. The van der Waals surface area contributed by atoms with Crippen molar-refractivity contribution in [2.75, 3.05) is 0 Å². The predicted octanol–water partition coefficient (Wildman–Crippen LogP) is 2.87. The Kier molecular flexibility index (Phi) is 5.26. The number of imidazole rings is 1. The molecule has 6 heteroatoms. The third-order valence-corrected chi connectivity index (χ3v) is 3.56. The van der Waals surface area contributed by atoms with Gasteiger partial charge >= 0.3 is 5.97 Å². The summed E-state index contributed by atoms with van der Waals surface area (Å²) in [4.78, 5) is 28.3. The van der Waals surface area contributed by atoms with Crippen molar-refractivity contribution in [3.05, 3.63) is 30.1 Å². The van der Waals surface area contributed by atoms with Crippen LogP contribution in [0.25, 0.3) is 11.0 Å². The van der Waals surface area contributed by atoms with Crippen LogP contribution in [0.2, 0.25) is 0 Å². The molecular weight excluding hydrogens is 306 g/mol. The number of aromatic nitrogens is 2. The molecule has 0 aliphatic carbocycles. The van der Waals surface area contributed by atoms with Gasteiger partial charge in [0.2, 0.25) is 5.91 Å². The van der Waals surface area contributed by atoms with Crippen LogP contribution < -0.4 is 5.32 Å². The van der Waals surface area contributed by atoms with Gasteiger partial charge in [-0.3, -0.25) is 9.59 Å². The van der Waals surface area contributed by atoms with Crippen molar-refractivity contribution >= 4 is 22.9 Å². The van der Waals surface area contributed by atoms with E-state index in [2.05, 4.69) is 10.3 Å². The van der Waals surface area contributed by atoms with E-state index < -0.39 is 5.60 Å². The lowest BCUT2D eigenvalue weighted by Gasteiger charge is -2.19. The number of carbonyl (C=O) groups excluding carboxylic acids is 2. The standard InChI is InChI=1S/C18H25N3O3/c1-12(17-20-13-8-6-7-9-14(13)21(17)5)19-15(22)10-11-16(23)24-18(2,3)4/h6-9,12H,10-11H2,1-5H3,(H,19,22)/t12-/m0/s1. The molecule has 1 atom stereocenters. The average Bonchev–Trinajstić information content (AvgIpc) is 2.81. The highest BCUT2D eigenvalue weighted by molar-refractivity contribution is 5.82. The fraction of sp³-hybridized carbons (Fsp3) is 0.500. The highest BCUT2D eigenvalue weighted by Crippen LogP contribution is 2.19. The molecule has 0 spiro atoms. The van der Waals surface area contributed by atoms with E-state index in [4.69, 9.17) is 4.74 Å². The average molecular weight is 331 g/mol. The van der Waals surface area contributed by atoms with Gasteiger partial charge in [0.05, 0.1) is 23.5 Å². The van der Waals surface area contributed by atoms with Crippen LogP contribution >= 0.6 is 0 Å². The Balaban J connectivity index is 1.93. The van der Waals surface area contributed by atoms with Gasteiger partial charge in [-0.25, -0.2) is 4.98 Å². The summed E-state index contributed by atoms with van der Waals surface area (Å²) in [5.41, 5.74) is 1.38. The minimum atomic E-state index is -0.534. The Morgan fingerprint density at radius 1 is 1.25 bits per heavy atom. The molecule has 1 aromatic carbocycles. The second-order valence-corrected chi connectivity index (χ2v) is 6.89. The number of para-hydroxylation sites is 2. The van der Waals surface area contributed by atoms with Gasteiger partial charge in [-0.05, 0) is 39.8 Å². The van der Waals surface area contributed by atoms with Crippen LogP contribution in [0.4, 0.5) is 0 Å². The molecule has 2 rings (SSSR count). The minimum Gasteiger partial charge on any atom is -0.460 e. The number of fused-ring (bicyclic) bond motifs is 1. The van der Waals surface area contributed by atoms with Gasteiger partial charge in [0.15, 0.2) is 0 Å². The Morgan fingerprint density at radius 3 is 2.54 bits per heavy atom. The molecule has 1 amide bonds. The molecular formula is C18H25N3O3. The lowest BCUT2D eigenvalue weighted by Crippen LogP contribution is -2.30. The SMILES string of the molecule is C[C@H](NC(=O)CCC(=O)OC(C)(C)C)c1nc2ccccc2n1C. The van der Waals surface area contributed by atoms with Crippen molar-refractivity contribution in [2.24, 2.45) is 7.05 Å². The summed E-state index contributed by atoms with van der Waals surface area (Å²) in [6.07, 6.45) is 0.168. The van der Waals surface area contributed by atoms with E-state index in [-0.39, 0.29) is 30.8 Å². The van der Waals surface area contributed by atoms with Gasteiger partial charge in [-0.1, -0.05) is 12.1 Å². The van der Waals surface area contributed by atoms with Gasteiger partial charge < -0.3 is 14.6 Å². The number of benzene rings is 1. The number of esters is 1. The summed E-state index contributed by atoms with van der Waals surface area (Å²) in [5.74, 6) is 0.218. The molecule has 2 aromatic rings. The third kappa shape index (κ3) is 4.57. The highest BCUT2D eigenvalue weighted by atomic mass is 16.6. The Bertz CT molecular complexity index is 744. The third-order valence-electron chi connectivity index (χ3n) is 3.56. The lowest BCUT2D eigenvalue weighted by atomic mass is 10.2. The monoisotopic (exact) mass is 331 g/mol. The van der Waals surface area contributed by atoms with Gasteiger partial charge in [0, 0.05) is 13.5 Å². The number of hydrogen-bond donors (Lipinski definition) is 1. The second kappa shape index (κ2) is 7.03. The summed E-state index contributed by atoms with van der Waals surface area (Å²) < 4.78 is 7.17. The van der Waals surface area contributed by atoms with Gasteiger partial charge in [-0.15, -0.1) is 0 Å². The topological polar surface area (TPSA) is 73.2 Å². The maximum absolute atomic E-state index is 12.1. The molecule has 1 heterocycles. The second-order valence-electron chi connectivity index (χ2n) is 6.89. The molecule has 1 aromatic heterocycles. The molecule has 0 aliphatic heterocycles. The molecule has 0 fully saturated rings. The number of rotatable bonds is 5. The fourth-order valence-electron chi connectivity index (χ4n) is 2.54. The van der Waals surface area contributed by atoms with Gasteiger partial charge in [0.1, 0.15) is 11.4 Å². The molecule has 0 radical (unpaired) electrons. The highest BCUT2D eigenvalue weighted by Gasteiger charge is 2.19. The zero-order chi connectivity index (χ0) is 17.9. The van der Waals surface area contributed by atoms with Crippen LogP contribution in [0.15, 0.2) is 24.3 Å². The number of nitrogens with one attached hydrogen (secondary N) is 1. The molecule has 130 valence electrons. The summed E-state index contributed by atoms with van der Waals surface area (Å²) in [6.45, 7) is 7.29. The first-order chi connectivity index (χ1) is 11.2. The zero-order valence-corrected chi connectivity index (χ0v) is 14.9. The predicted molar refractivity (Wildman–Crippen MR) is 92.4 cm³/mol. The fourth-order valence-corrected chi connectivity index (χ4v) is 2.54. The maximum atomic E-state index is 12.1. The van der Waals surface area contributed by atoms with Crippen LogP contribution in [-0.2, 0) is 21.4 Å². The minimum absolute atomic E-state index is 0.0678. The number of carbonyl (C=O) groups is 2. The quantitative estimate of drug-likeness (QED) is 0.855. The van der Waals surface area contributed by atoms with Crippen molar-refractivity contribution in [1.82, 2.24) is 14.9 Å². The Labute approximate surface area is 142 Å². The molecule has 0 saturated heterocycles. The number of ether oxygens (including phenoxy) is 1. The van der Waals surface area contributed by atoms with Gasteiger partial charge in [-0.2, -0.15) is 0 Å². The van der Waals surface area contributed by atoms with E-state index in [1.165, 1.54) is 0 Å². The van der Waals surface area contributed by atoms with E-state index in [9.17, 15) is 9.59 Å². The van der Waals surface area contributed by atoms with Crippen molar-refractivity contribution in [1.29, 1.82) is 0 Å². The van der Waals surface area contributed by atoms with E-state index in [0.29, 0.717) is 0 Å². The first-order valence-corrected chi connectivity index (χ1v) is 8.10. The van der Waals surface area contributed by atoms with E-state index in [1.54, 1.807) is 20.8 Å². The van der Waals surface area contributed by atoms with Crippen LogP contribution in [0.5, 0.6) is 0 Å². The molecule has 24 heavy (non-hydrogen) atoms. The lowest BCUT2D eigenvalue weighted by molar-refractivity contribution is -0.155. The first kappa shape index (κ1) is 18.0. The van der Waals surface area contributed by atoms with Crippen LogP contribution in [-0.4, -0.2) is 27.0 Å². The van der Waals surface area contributed by atoms with Crippen LogP contribution in [0.1, 0.15) is 52.4 Å². The summed E-state index contributed by atoms with van der Waals surface area (Å²) in [7, 11) is 1.92. The Hall–Kier alpha value is -2.37. The van der Waals surface area contributed by atoms with Crippen molar-refractivity contribution in [3.8, 4) is 0 Å².